The van der Waals surface area contributed by atoms with E-state index in [1.807, 2.05) is 12.1 Å². The molecule has 0 atom stereocenters. The number of ether oxygens (including phenoxy) is 1. The van der Waals surface area contributed by atoms with Gasteiger partial charge in [0.1, 0.15) is 11.5 Å². The van der Waals surface area contributed by atoms with E-state index in [-0.39, 0.29) is 0 Å². The lowest BCUT2D eigenvalue weighted by molar-refractivity contribution is 0.479. The van der Waals surface area contributed by atoms with Crippen molar-refractivity contribution >= 4 is 66.4 Å². The predicted molar refractivity (Wildman–Crippen MR) is 261 cm³/mol. The topological polar surface area (TPSA) is 32.1 Å². The van der Waals surface area contributed by atoms with E-state index in [1.54, 1.807) is 0 Å². The number of hydrogen-bond donors (Lipinski definition) is 0. The third-order valence-electron chi connectivity index (χ3n) is 12.5. The summed E-state index contributed by atoms with van der Waals surface area (Å²) in [6, 6.07) is 69.3. The summed E-state index contributed by atoms with van der Waals surface area (Å²) < 4.78 is 11.4. The Hall–Kier alpha value is -8.16. The van der Waals surface area contributed by atoms with Gasteiger partial charge in [0.05, 0.1) is 46.8 Å². The zero-order valence-corrected chi connectivity index (χ0v) is 35.1. The fourth-order valence-electron chi connectivity index (χ4n) is 9.67. The Labute approximate surface area is 366 Å². The molecule has 63 heavy (non-hydrogen) atoms. The van der Waals surface area contributed by atoms with Crippen LogP contribution in [0.15, 0.2) is 207 Å². The molecule has 0 spiro atoms. The number of fused-ring (bicyclic) bond motifs is 6. The maximum atomic E-state index is 6.64. The van der Waals surface area contributed by atoms with Gasteiger partial charge in [0, 0.05) is 82.9 Å². The fraction of sp³-hybridized carbons (Fsp3) is 0.0714. The van der Waals surface area contributed by atoms with E-state index in [2.05, 4.69) is 237 Å². The molecule has 2 aliphatic heterocycles. The van der Waals surface area contributed by atoms with Gasteiger partial charge in [0.2, 0.25) is 0 Å². The highest BCUT2D eigenvalue weighted by molar-refractivity contribution is 6.10. The van der Waals surface area contributed by atoms with Gasteiger partial charge in [-0.05, 0) is 83.9 Å². The van der Waals surface area contributed by atoms with Gasteiger partial charge in [-0.25, -0.2) is 0 Å². The minimum absolute atomic E-state index is 0.736. The molecule has 0 bridgehead atoms. The summed E-state index contributed by atoms with van der Waals surface area (Å²) in [6.45, 7) is 1.47. The minimum atomic E-state index is 0.736. The molecule has 4 heterocycles. The third kappa shape index (κ3) is 6.28. The second-order valence-electron chi connectivity index (χ2n) is 16.6. The molecule has 0 saturated carbocycles. The number of anilines is 2. The van der Waals surface area contributed by atoms with E-state index < -0.39 is 0 Å². The molecule has 0 fully saturated rings. The van der Waals surface area contributed by atoms with Gasteiger partial charge in [0.25, 0.3) is 0 Å². The van der Waals surface area contributed by atoms with E-state index in [0.29, 0.717) is 0 Å². The van der Waals surface area contributed by atoms with Crippen molar-refractivity contribution < 1.29 is 4.74 Å². The van der Waals surface area contributed by atoms with Crippen molar-refractivity contribution in [1.82, 2.24) is 18.9 Å². The minimum Gasteiger partial charge on any atom is -0.457 e. The van der Waals surface area contributed by atoms with Gasteiger partial charge in [-0.3, -0.25) is 0 Å². The van der Waals surface area contributed by atoms with Crippen LogP contribution in [0.3, 0.4) is 0 Å². The van der Waals surface area contributed by atoms with Gasteiger partial charge < -0.3 is 33.5 Å². The van der Waals surface area contributed by atoms with Gasteiger partial charge in [-0.2, -0.15) is 0 Å². The molecule has 2 aromatic heterocycles. The van der Waals surface area contributed by atoms with Crippen LogP contribution < -0.4 is 14.5 Å². The number of hydrogen-bond acceptors (Lipinski definition) is 5. The van der Waals surface area contributed by atoms with Gasteiger partial charge >= 0.3 is 0 Å². The van der Waals surface area contributed by atoms with Crippen molar-refractivity contribution in [3.05, 3.63) is 218 Å². The van der Waals surface area contributed by atoms with Crippen molar-refractivity contribution in [1.29, 1.82) is 0 Å². The summed E-state index contributed by atoms with van der Waals surface area (Å²) in [7, 11) is 4.24. The number of para-hydroxylation sites is 4. The van der Waals surface area contributed by atoms with Crippen molar-refractivity contribution in [3.63, 3.8) is 0 Å². The predicted octanol–water partition coefficient (Wildman–Crippen LogP) is 13.1. The molecule has 0 unspecified atom stereocenters. The van der Waals surface area contributed by atoms with E-state index in [4.69, 9.17) is 4.74 Å². The Kier molecular flexibility index (Phi) is 8.61. The van der Waals surface area contributed by atoms with Crippen LogP contribution in [0.25, 0.3) is 66.4 Å². The lowest BCUT2D eigenvalue weighted by Gasteiger charge is -2.24. The van der Waals surface area contributed by atoms with Gasteiger partial charge in [-0.1, -0.05) is 109 Å². The monoisotopic (exact) mass is 816 g/mol. The Morgan fingerprint density at radius 3 is 1.06 bits per heavy atom. The lowest BCUT2D eigenvalue weighted by atomic mass is 10.1. The molecule has 2 aliphatic rings. The first-order chi connectivity index (χ1) is 31.0. The summed E-state index contributed by atoms with van der Waals surface area (Å²) >= 11 is 0. The second-order valence-corrected chi connectivity index (χ2v) is 16.6. The van der Waals surface area contributed by atoms with Crippen LogP contribution >= 0.6 is 0 Å². The highest BCUT2D eigenvalue weighted by Crippen LogP contribution is 2.39. The Morgan fingerprint density at radius 2 is 0.698 bits per heavy atom. The standard InChI is InChI=1S/C56H44N6O/c1-57-35-55(39-25-29-41(30-26-39)61-51-21-7-3-17-47(51)48-18-4-8-22-52(48)61)59(37-57)43-13-11-15-45(33-43)63-46-16-12-14-44(34-46)60-38-58(2)36-56(60)40-27-31-42(32-28-40)62-53-23-9-5-19-49(53)50-20-6-10-24-54(50)62/h3-36H,37-38H2,1-2H3. The van der Waals surface area contributed by atoms with Crippen molar-refractivity contribution in [2.24, 2.45) is 0 Å². The van der Waals surface area contributed by atoms with Crippen LogP contribution in [-0.2, 0) is 0 Å². The van der Waals surface area contributed by atoms with Crippen LogP contribution in [0.1, 0.15) is 11.1 Å². The highest BCUT2D eigenvalue weighted by Gasteiger charge is 2.25. The summed E-state index contributed by atoms with van der Waals surface area (Å²) in [5, 5.41) is 5.06. The molecule has 12 rings (SSSR count). The van der Waals surface area contributed by atoms with E-state index in [0.717, 1.165) is 70.1 Å². The maximum absolute atomic E-state index is 6.64. The number of aromatic nitrogens is 2. The average molecular weight is 817 g/mol. The highest BCUT2D eigenvalue weighted by atomic mass is 16.5. The quantitative estimate of drug-likeness (QED) is 0.153. The van der Waals surface area contributed by atoms with Crippen molar-refractivity contribution in [2.45, 2.75) is 0 Å². The van der Waals surface area contributed by atoms with Crippen molar-refractivity contribution in [3.8, 4) is 22.9 Å². The molecular weight excluding hydrogens is 773 g/mol. The smallest absolute Gasteiger partial charge is 0.129 e. The number of nitrogens with zero attached hydrogens (tertiary/aromatic N) is 6. The number of rotatable bonds is 8. The second kappa shape index (κ2) is 14.8. The van der Waals surface area contributed by atoms with Gasteiger partial charge in [-0.15, -0.1) is 0 Å². The molecule has 0 saturated heterocycles. The molecule has 0 aliphatic carbocycles. The zero-order chi connectivity index (χ0) is 42.0. The Bertz CT molecular complexity index is 3100. The van der Waals surface area contributed by atoms with E-state index >= 15 is 0 Å². The fourth-order valence-corrected chi connectivity index (χ4v) is 9.67. The molecule has 0 amide bonds. The zero-order valence-electron chi connectivity index (χ0n) is 35.1. The summed E-state index contributed by atoms with van der Waals surface area (Å²) in [5.41, 5.74) is 13.9. The SMILES string of the molecule is CN1C=C(c2ccc(-n3c4ccccc4c4ccccc43)cc2)N(c2cccc(Oc3cccc(N4CN(C)C=C4c4ccc(-n5c6ccccc6c6ccccc65)cc4)c3)c2)C1. The lowest BCUT2D eigenvalue weighted by Crippen LogP contribution is -2.24. The normalized spacial score (nSPS) is 14.1. The molecule has 0 N–H and O–H groups in total. The van der Waals surface area contributed by atoms with Crippen LogP contribution in [0.2, 0.25) is 0 Å². The van der Waals surface area contributed by atoms with Crippen LogP contribution in [-0.4, -0.2) is 46.4 Å². The molecule has 10 aromatic rings. The maximum Gasteiger partial charge on any atom is 0.129 e. The Morgan fingerprint density at radius 1 is 0.349 bits per heavy atom. The number of benzene rings is 8. The molecule has 0 radical (unpaired) electrons. The molecule has 304 valence electrons. The first kappa shape index (κ1) is 36.7. The van der Waals surface area contributed by atoms with Gasteiger partial charge in [0.15, 0.2) is 0 Å². The van der Waals surface area contributed by atoms with Crippen LogP contribution in [0, 0.1) is 0 Å². The molecular formula is C56H44N6O. The molecule has 7 nitrogen and oxygen atoms in total. The third-order valence-corrected chi connectivity index (χ3v) is 12.5. The van der Waals surface area contributed by atoms with Crippen molar-refractivity contribution in [2.75, 3.05) is 37.2 Å². The molecule has 8 aromatic carbocycles. The Balaban J connectivity index is 0.791. The van der Waals surface area contributed by atoms with Crippen LogP contribution in [0.5, 0.6) is 11.5 Å². The summed E-state index contributed by atoms with van der Waals surface area (Å²) in [4.78, 5) is 9.15. The summed E-state index contributed by atoms with van der Waals surface area (Å²) in [5.74, 6) is 1.57. The largest absolute Gasteiger partial charge is 0.457 e. The average Bonchev–Trinajstić information content (AvgIpc) is 4.10. The van der Waals surface area contributed by atoms with Crippen LogP contribution in [0.4, 0.5) is 11.4 Å². The van der Waals surface area contributed by atoms with E-state index in [1.165, 1.54) is 43.6 Å². The molecule has 7 heteroatoms. The first-order valence-electron chi connectivity index (χ1n) is 21.5. The van der Waals surface area contributed by atoms with E-state index in [9.17, 15) is 0 Å². The first-order valence-corrected chi connectivity index (χ1v) is 21.5. The summed E-state index contributed by atoms with van der Waals surface area (Å²) in [6.07, 6.45) is 4.45.